The standard InChI is InChI=1S/C39H74O5/c1-3-5-7-9-11-13-15-17-19-21-23-25-27-29-31-33-38(41)43-36-37(35-40)44-39(42)34-32-30-28-26-24-22-20-18-16-14-12-10-8-6-4-2/h13,15,37,40H,3-12,14,16-36H2,1-2H3/t37-/m0/s1. The first-order valence-electron chi connectivity index (χ1n) is 19.2. The first kappa shape index (κ1) is 42.6. The van der Waals surface area contributed by atoms with Crippen molar-refractivity contribution in [1.29, 1.82) is 0 Å². The summed E-state index contributed by atoms with van der Waals surface area (Å²) in [4.78, 5) is 24.2. The number of aliphatic hydroxyl groups is 1. The smallest absolute Gasteiger partial charge is 0.306 e. The van der Waals surface area contributed by atoms with Crippen LogP contribution in [0.25, 0.3) is 0 Å². The second-order valence-electron chi connectivity index (χ2n) is 13.0. The third kappa shape index (κ3) is 33.5. The van der Waals surface area contributed by atoms with E-state index < -0.39 is 6.10 Å². The molecule has 0 aromatic rings. The van der Waals surface area contributed by atoms with Crippen LogP contribution < -0.4 is 0 Å². The van der Waals surface area contributed by atoms with Crippen molar-refractivity contribution in [2.75, 3.05) is 13.2 Å². The molecule has 0 saturated carbocycles. The number of aliphatic hydroxyl groups excluding tert-OH is 1. The summed E-state index contributed by atoms with van der Waals surface area (Å²) in [5.74, 6) is -0.586. The molecule has 0 unspecified atom stereocenters. The van der Waals surface area contributed by atoms with Crippen molar-refractivity contribution in [2.24, 2.45) is 0 Å². The average Bonchev–Trinajstić information content (AvgIpc) is 3.02. The zero-order valence-electron chi connectivity index (χ0n) is 29.4. The molecule has 0 spiro atoms. The molecule has 0 saturated heterocycles. The van der Waals surface area contributed by atoms with E-state index in [1.807, 2.05) is 0 Å². The lowest BCUT2D eigenvalue weighted by Gasteiger charge is -2.15. The number of esters is 2. The Bertz CT molecular complexity index is 632. The van der Waals surface area contributed by atoms with E-state index in [-0.39, 0.29) is 25.2 Å². The van der Waals surface area contributed by atoms with Crippen molar-refractivity contribution in [2.45, 2.75) is 213 Å². The molecule has 0 aromatic heterocycles. The van der Waals surface area contributed by atoms with E-state index in [9.17, 15) is 14.7 Å². The molecule has 0 fully saturated rings. The Morgan fingerprint density at radius 2 is 0.841 bits per heavy atom. The van der Waals surface area contributed by atoms with E-state index in [0.29, 0.717) is 12.8 Å². The van der Waals surface area contributed by atoms with Crippen molar-refractivity contribution in [1.82, 2.24) is 0 Å². The van der Waals surface area contributed by atoms with E-state index in [1.54, 1.807) is 0 Å². The summed E-state index contributed by atoms with van der Waals surface area (Å²) in [6.45, 7) is 4.13. The van der Waals surface area contributed by atoms with Gasteiger partial charge >= 0.3 is 11.9 Å². The number of carbonyl (C=O) groups excluding carboxylic acids is 2. The third-order valence-corrected chi connectivity index (χ3v) is 8.56. The molecule has 44 heavy (non-hydrogen) atoms. The number of allylic oxidation sites excluding steroid dienone is 2. The Labute approximate surface area is 273 Å². The van der Waals surface area contributed by atoms with E-state index in [0.717, 1.165) is 38.5 Å². The quantitative estimate of drug-likeness (QED) is 0.0432. The number of carbonyl (C=O) groups is 2. The second kappa shape index (κ2) is 36.1. The van der Waals surface area contributed by atoms with Gasteiger partial charge in [-0.2, -0.15) is 0 Å². The molecule has 0 radical (unpaired) electrons. The summed E-state index contributed by atoms with van der Waals surface area (Å²) in [6.07, 6.45) is 39.8. The van der Waals surface area contributed by atoms with Gasteiger partial charge in [-0.3, -0.25) is 9.59 Å². The topological polar surface area (TPSA) is 72.8 Å². The van der Waals surface area contributed by atoms with Crippen LogP contribution in [0.5, 0.6) is 0 Å². The number of unbranched alkanes of at least 4 members (excludes halogenated alkanes) is 25. The monoisotopic (exact) mass is 623 g/mol. The highest BCUT2D eigenvalue weighted by molar-refractivity contribution is 5.70. The predicted molar refractivity (Wildman–Crippen MR) is 187 cm³/mol. The van der Waals surface area contributed by atoms with Gasteiger partial charge in [-0.25, -0.2) is 0 Å². The highest BCUT2D eigenvalue weighted by atomic mass is 16.6. The predicted octanol–water partition coefficient (Wildman–Crippen LogP) is 11.7. The van der Waals surface area contributed by atoms with Gasteiger partial charge in [-0.15, -0.1) is 0 Å². The van der Waals surface area contributed by atoms with Gasteiger partial charge in [0.25, 0.3) is 0 Å². The lowest BCUT2D eigenvalue weighted by Crippen LogP contribution is -2.28. The molecule has 260 valence electrons. The molecule has 1 atom stereocenters. The van der Waals surface area contributed by atoms with E-state index in [2.05, 4.69) is 26.0 Å². The van der Waals surface area contributed by atoms with Gasteiger partial charge in [0.15, 0.2) is 6.10 Å². The maximum atomic E-state index is 12.1. The normalized spacial score (nSPS) is 12.2. The van der Waals surface area contributed by atoms with Crippen LogP contribution in [-0.4, -0.2) is 36.4 Å². The summed E-state index contributed by atoms with van der Waals surface area (Å²) in [6, 6.07) is 0. The van der Waals surface area contributed by atoms with Gasteiger partial charge < -0.3 is 14.6 Å². The fraction of sp³-hybridized carbons (Fsp3) is 0.897. The van der Waals surface area contributed by atoms with Crippen LogP contribution in [0.1, 0.15) is 206 Å². The van der Waals surface area contributed by atoms with Crippen LogP contribution in [0.15, 0.2) is 12.2 Å². The molecule has 0 aromatic carbocycles. The van der Waals surface area contributed by atoms with Crippen LogP contribution >= 0.6 is 0 Å². The van der Waals surface area contributed by atoms with Gasteiger partial charge in [0, 0.05) is 12.8 Å². The van der Waals surface area contributed by atoms with Crippen LogP contribution in [0, 0.1) is 0 Å². The Kier molecular flexibility index (Phi) is 35.0. The lowest BCUT2D eigenvalue weighted by atomic mass is 10.0. The number of rotatable bonds is 35. The maximum Gasteiger partial charge on any atom is 0.306 e. The van der Waals surface area contributed by atoms with Crippen molar-refractivity contribution < 1.29 is 24.2 Å². The SMILES string of the molecule is CCCCCCC=CCCCCCCCCCC(=O)OC[C@H](CO)OC(=O)CCCCCCCCCCCCCCCCC. The maximum absolute atomic E-state index is 12.1. The lowest BCUT2D eigenvalue weighted by molar-refractivity contribution is -0.161. The fourth-order valence-corrected chi connectivity index (χ4v) is 5.61. The van der Waals surface area contributed by atoms with E-state index >= 15 is 0 Å². The Hall–Kier alpha value is -1.36. The molecular formula is C39H74O5. The highest BCUT2D eigenvalue weighted by Crippen LogP contribution is 2.15. The second-order valence-corrected chi connectivity index (χ2v) is 13.0. The molecule has 5 heteroatoms. The molecule has 0 bridgehead atoms. The van der Waals surface area contributed by atoms with E-state index in [1.165, 1.54) is 141 Å². The Morgan fingerprint density at radius 1 is 0.500 bits per heavy atom. The molecule has 0 aliphatic carbocycles. The first-order chi connectivity index (χ1) is 21.6. The van der Waals surface area contributed by atoms with Gasteiger partial charge in [0.1, 0.15) is 6.61 Å². The first-order valence-corrected chi connectivity index (χ1v) is 19.2. The van der Waals surface area contributed by atoms with Gasteiger partial charge in [-0.05, 0) is 38.5 Å². The van der Waals surface area contributed by atoms with Crippen LogP contribution in [0.2, 0.25) is 0 Å². The fourth-order valence-electron chi connectivity index (χ4n) is 5.61. The molecule has 0 rings (SSSR count). The summed E-state index contributed by atoms with van der Waals surface area (Å²) in [5.41, 5.74) is 0. The van der Waals surface area contributed by atoms with Gasteiger partial charge in [0.2, 0.25) is 0 Å². The summed E-state index contributed by atoms with van der Waals surface area (Å²) in [7, 11) is 0. The number of ether oxygens (including phenoxy) is 2. The average molecular weight is 623 g/mol. The molecule has 0 aliphatic heterocycles. The zero-order valence-corrected chi connectivity index (χ0v) is 29.4. The highest BCUT2D eigenvalue weighted by Gasteiger charge is 2.16. The summed E-state index contributed by atoms with van der Waals surface area (Å²) >= 11 is 0. The van der Waals surface area contributed by atoms with Gasteiger partial charge in [-0.1, -0.05) is 167 Å². The van der Waals surface area contributed by atoms with Crippen LogP contribution in [0.4, 0.5) is 0 Å². The molecule has 0 aliphatic rings. The Balaban J connectivity index is 3.53. The molecule has 0 heterocycles. The largest absolute Gasteiger partial charge is 0.462 e. The zero-order chi connectivity index (χ0) is 32.2. The van der Waals surface area contributed by atoms with Crippen molar-refractivity contribution in [3.05, 3.63) is 12.2 Å². The van der Waals surface area contributed by atoms with Crippen molar-refractivity contribution >= 4 is 11.9 Å². The molecule has 1 N–H and O–H groups in total. The van der Waals surface area contributed by atoms with Crippen molar-refractivity contribution in [3.8, 4) is 0 Å². The third-order valence-electron chi connectivity index (χ3n) is 8.56. The minimum absolute atomic E-state index is 0.0624. The number of hydrogen-bond acceptors (Lipinski definition) is 5. The minimum atomic E-state index is -0.765. The van der Waals surface area contributed by atoms with E-state index in [4.69, 9.17) is 9.47 Å². The Morgan fingerprint density at radius 3 is 1.25 bits per heavy atom. The molecule has 5 nitrogen and oxygen atoms in total. The summed E-state index contributed by atoms with van der Waals surface area (Å²) < 4.78 is 10.6. The number of hydrogen-bond donors (Lipinski definition) is 1. The van der Waals surface area contributed by atoms with Gasteiger partial charge in [0.05, 0.1) is 6.61 Å². The van der Waals surface area contributed by atoms with Crippen LogP contribution in [-0.2, 0) is 19.1 Å². The minimum Gasteiger partial charge on any atom is -0.462 e. The molecular weight excluding hydrogens is 548 g/mol. The van der Waals surface area contributed by atoms with Crippen LogP contribution in [0.3, 0.4) is 0 Å². The van der Waals surface area contributed by atoms with Crippen molar-refractivity contribution in [3.63, 3.8) is 0 Å². The molecule has 0 amide bonds. The summed E-state index contributed by atoms with van der Waals surface area (Å²) in [5, 5.41) is 9.54.